The third-order valence-electron chi connectivity index (χ3n) is 5.03. The minimum atomic E-state index is -1.62. The highest BCUT2D eigenvalue weighted by Gasteiger charge is 2.44. The standard InChI is InChI=1S/C18H29NO8/c1-10(21)19-15-13(26-9-11-5-3-2-4-6-11)7-14(18(24)25)27-17(15)16(23)12(22)8-20/h7,11-13,15-17,20,22-23H,2-6,8-9H2,1H3,(H,19,21)(H,24,25)/t12?,13-,15+,16+,17+/m0/s1. The Labute approximate surface area is 158 Å². The molecule has 154 valence electrons. The summed E-state index contributed by atoms with van der Waals surface area (Å²) in [6.07, 6.45) is 1.45. The Morgan fingerprint density at radius 3 is 2.52 bits per heavy atom. The van der Waals surface area contributed by atoms with Crippen LogP contribution in [0.1, 0.15) is 39.0 Å². The molecule has 0 saturated heterocycles. The minimum absolute atomic E-state index is 0.354. The molecule has 1 heterocycles. The summed E-state index contributed by atoms with van der Waals surface area (Å²) in [5.74, 6) is -1.84. The van der Waals surface area contributed by atoms with Crippen molar-refractivity contribution in [1.82, 2.24) is 5.32 Å². The first-order chi connectivity index (χ1) is 12.8. The zero-order valence-electron chi connectivity index (χ0n) is 15.4. The van der Waals surface area contributed by atoms with Gasteiger partial charge in [-0.25, -0.2) is 4.79 Å². The van der Waals surface area contributed by atoms with E-state index < -0.39 is 54.7 Å². The highest BCUT2D eigenvalue weighted by molar-refractivity contribution is 5.84. The van der Waals surface area contributed by atoms with Crippen molar-refractivity contribution in [3.8, 4) is 0 Å². The van der Waals surface area contributed by atoms with Crippen molar-refractivity contribution in [2.75, 3.05) is 13.2 Å². The molecule has 1 amide bonds. The average Bonchev–Trinajstić information content (AvgIpc) is 2.65. The van der Waals surface area contributed by atoms with Gasteiger partial charge in [-0.05, 0) is 24.8 Å². The van der Waals surface area contributed by atoms with Crippen LogP contribution in [0.2, 0.25) is 0 Å². The van der Waals surface area contributed by atoms with E-state index in [2.05, 4.69) is 5.32 Å². The van der Waals surface area contributed by atoms with Crippen molar-refractivity contribution in [3.05, 3.63) is 11.8 Å². The maximum atomic E-state index is 11.6. The largest absolute Gasteiger partial charge is 0.478 e. The van der Waals surface area contributed by atoms with E-state index in [1.54, 1.807) is 0 Å². The van der Waals surface area contributed by atoms with Gasteiger partial charge in [-0.15, -0.1) is 0 Å². The quantitative estimate of drug-likeness (QED) is 0.376. The molecule has 27 heavy (non-hydrogen) atoms. The smallest absolute Gasteiger partial charge is 0.370 e. The normalized spacial score (nSPS) is 28.6. The van der Waals surface area contributed by atoms with Crippen molar-refractivity contribution >= 4 is 11.9 Å². The van der Waals surface area contributed by atoms with Crippen LogP contribution in [0.5, 0.6) is 0 Å². The van der Waals surface area contributed by atoms with Crippen LogP contribution in [0.4, 0.5) is 0 Å². The number of carboxylic acids is 1. The van der Waals surface area contributed by atoms with Crippen LogP contribution in [-0.2, 0) is 19.1 Å². The molecule has 5 atom stereocenters. The highest BCUT2D eigenvalue weighted by Crippen LogP contribution is 2.28. The van der Waals surface area contributed by atoms with E-state index in [4.69, 9.17) is 14.6 Å². The topological polar surface area (TPSA) is 146 Å². The number of amides is 1. The number of carbonyl (C=O) groups excluding carboxylic acids is 1. The second-order valence-electron chi connectivity index (χ2n) is 7.19. The zero-order chi connectivity index (χ0) is 20.0. The fourth-order valence-electron chi connectivity index (χ4n) is 3.58. The van der Waals surface area contributed by atoms with E-state index in [0.29, 0.717) is 12.5 Å². The van der Waals surface area contributed by atoms with Crippen molar-refractivity contribution in [3.63, 3.8) is 0 Å². The zero-order valence-corrected chi connectivity index (χ0v) is 15.4. The molecule has 1 fully saturated rings. The molecule has 1 aliphatic heterocycles. The fraction of sp³-hybridized carbons (Fsp3) is 0.778. The molecule has 1 saturated carbocycles. The van der Waals surface area contributed by atoms with Crippen molar-refractivity contribution in [2.45, 2.75) is 69.5 Å². The Balaban J connectivity index is 2.21. The van der Waals surface area contributed by atoms with Gasteiger partial charge in [0.1, 0.15) is 18.3 Å². The summed E-state index contributed by atoms with van der Waals surface area (Å²) < 4.78 is 11.2. The molecule has 9 heteroatoms. The predicted molar refractivity (Wildman–Crippen MR) is 93.6 cm³/mol. The molecular formula is C18H29NO8. The van der Waals surface area contributed by atoms with Gasteiger partial charge in [0.05, 0.1) is 19.3 Å². The van der Waals surface area contributed by atoms with E-state index >= 15 is 0 Å². The minimum Gasteiger partial charge on any atom is -0.478 e. The Morgan fingerprint density at radius 2 is 1.96 bits per heavy atom. The molecule has 0 spiro atoms. The predicted octanol–water partition coefficient (Wildman–Crippen LogP) is -0.462. The first kappa shape index (κ1) is 21.6. The number of ether oxygens (including phenoxy) is 2. The molecule has 1 aliphatic carbocycles. The van der Waals surface area contributed by atoms with E-state index in [1.165, 1.54) is 19.4 Å². The summed E-state index contributed by atoms with van der Waals surface area (Å²) in [7, 11) is 0. The first-order valence-corrected chi connectivity index (χ1v) is 9.31. The van der Waals surface area contributed by atoms with E-state index in [-0.39, 0.29) is 0 Å². The van der Waals surface area contributed by atoms with E-state index in [1.807, 2.05) is 0 Å². The van der Waals surface area contributed by atoms with Crippen LogP contribution in [0, 0.1) is 5.92 Å². The lowest BCUT2D eigenvalue weighted by atomic mass is 9.89. The van der Waals surface area contributed by atoms with E-state index in [9.17, 15) is 24.9 Å². The van der Waals surface area contributed by atoms with Crippen LogP contribution in [-0.4, -0.2) is 76.0 Å². The lowest BCUT2D eigenvalue weighted by molar-refractivity contribution is -0.152. The lowest BCUT2D eigenvalue weighted by Gasteiger charge is -2.40. The molecule has 0 aromatic rings. The SMILES string of the molecule is CC(=O)N[C@H]1[C@H]([C@H](O)C(O)CO)OC(C(=O)O)=C[C@@H]1OCC1CCCCC1. The number of hydrogen-bond donors (Lipinski definition) is 5. The maximum Gasteiger partial charge on any atom is 0.370 e. The van der Waals surface area contributed by atoms with Gasteiger partial charge in [-0.1, -0.05) is 19.3 Å². The molecule has 0 radical (unpaired) electrons. The van der Waals surface area contributed by atoms with Crippen molar-refractivity contribution in [2.24, 2.45) is 5.92 Å². The van der Waals surface area contributed by atoms with Crippen LogP contribution in [0.3, 0.4) is 0 Å². The number of carbonyl (C=O) groups is 2. The molecular weight excluding hydrogens is 358 g/mol. The molecule has 1 unspecified atom stereocenters. The summed E-state index contributed by atoms with van der Waals surface area (Å²) >= 11 is 0. The van der Waals surface area contributed by atoms with Crippen molar-refractivity contribution in [1.29, 1.82) is 0 Å². The average molecular weight is 387 g/mol. The highest BCUT2D eigenvalue weighted by atomic mass is 16.5. The summed E-state index contributed by atoms with van der Waals surface area (Å²) in [6, 6.07) is -0.912. The Morgan fingerprint density at radius 1 is 1.30 bits per heavy atom. The number of rotatable bonds is 8. The summed E-state index contributed by atoms with van der Waals surface area (Å²) in [5.41, 5.74) is 0. The monoisotopic (exact) mass is 387 g/mol. The number of hydrogen-bond acceptors (Lipinski definition) is 7. The molecule has 2 aliphatic rings. The third kappa shape index (κ3) is 5.90. The fourth-order valence-corrected chi connectivity index (χ4v) is 3.58. The van der Waals surface area contributed by atoms with Crippen LogP contribution in [0.25, 0.3) is 0 Å². The Hall–Kier alpha value is -1.68. The number of aliphatic hydroxyl groups is 3. The van der Waals surface area contributed by atoms with Gasteiger partial charge in [0, 0.05) is 6.92 Å². The van der Waals surface area contributed by atoms with Gasteiger partial charge >= 0.3 is 5.97 Å². The van der Waals surface area contributed by atoms with Gasteiger partial charge in [0.25, 0.3) is 0 Å². The number of aliphatic hydroxyl groups excluding tert-OH is 3. The van der Waals surface area contributed by atoms with Gasteiger partial charge in [0.2, 0.25) is 11.7 Å². The molecule has 9 nitrogen and oxygen atoms in total. The molecule has 2 rings (SSSR count). The number of carboxylic acid groups (broad SMARTS) is 1. The van der Waals surface area contributed by atoms with Crippen LogP contribution < -0.4 is 5.32 Å². The van der Waals surface area contributed by atoms with Crippen molar-refractivity contribution < 1.29 is 39.5 Å². The third-order valence-corrected chi connectivity index (χ3v) is 5.03. The van der Waals surface area contributed by atoms with Gasteiger partial charge < -0.3 is 35.2 Å². The van der Waals surface area contributed by atoms with E-state index in [0.717, 1.165) is 25.7 Å². The van der Waals surface area contributed by atoms with Gasteiger partial charge in [-0.2, -0.15) is 0 Å². The Kier molecular flexibility index (Phi) is 8.03. The number of aliphatic carboxylic acids is 1. The van der Waals surface area contributed by atoms with Gasteiger partial charge in [0.15, 0.2) is 6.10 Å². The summed E-state index contributed by atoms with van der Waals surface area (Å²) in [5, 5.41) is 41.1. The summed E-state index contributed by atoms with van der Waals surface area (Å²) in [4.78, 5) is 23.0. The maximum absolute atomic E-state index is 11.6. The second kappa shape index (κ2) is 10.0. The Bertz CT molecular complexity index is 545. The molecule has 0 aromatic carbocycles. The summed E-state index contributed by atoms with van der Waals surface area (Å²) in [6.45, 7) is 0.934. The lowest BCUT2D eigenvalue weighted by Crippen LogP contribution is -2.60. The number of nitrogens with one attached hydrogen (secondary N) is 1. The van der Waals surface area contributed by atoms with Gasteiger partial charge in [-0.3, -0.25) is 4.79 Å². The molecule has 0 bridgehead atoms. The molecule has 0 aromatic heterocycles. The van der Waals surface area contributed by atoms with Crippen LogP contribution in [0.15, 0.2) is 11.8 Å². The first-order valence-electron chi connectivity index (χ1n) is 9.31. The second-order valence-corrected chi connectivity index (χ2v) is 7.19. The molecule has 5 N–H and O–H groups in total. The van der Waals surface area contributed by atoms with Crippen LogP contribution >= 0.6 is 0 Å².